The minimum atomic E-state index is 0.351. The van der Waals surface area contributed by atoms with Gasteiger partial charge in [-0.05, 0) is 50.8 Å². The van der Waals surface area contributed by atoms with Crippen molar-refractivity contribution in [1.29, 1.82) is 0 Å². The van der Waals surface area contributed by atoms with E-state index in [1.807, 2.05) is 11.8 Å². The highest BCUT2D eigenvalue weighted by Crippen LogP contribution is 2.35. The number of aromatic nitrogens is 1. The van der Waals surface area contributed by atoms with Crippen LogP contribution in [0.1, 0.15) is 64.6 Å². The van der Waals surface area contributed by atoms with Gasteiger partial charge in [0.25, 0.3) is 0 Å². The first-order valence-electron chi connectivity index (χ1n) is 8.05. The molecule has 1 fully saturated rings. The van der Waals surface area contributed by atoms with Crippen molar-refractivity contribution in [3.05, 3.63) is 24.0 Å². The van der Waals surface area contributed by atoms with Crippen molar-refractivity contribution < 1.29 is 0 Å². The number of nitrogens with one attached hydrogen (secondary N) is 1. The molecule has 112 valence electrons. The molecular formula is C17H28N2S. The maximum Gasteiger partial charge on any atom is 0.0571 e. The Morgan fingerprint density at radius 1 is 1.40 bits per heavy atom. The van der Waals surface area contributed by atoms with Crippen molar-refractivity contribution in [3.63, 3.8) is 0 Å². The van der Waals surface area contributed by atoms with Crippen LogP contribution in [0.5, 0.6) is 0 Å². The lowest BCUT2D eigenvalue weighted by Gasteiger charge is -2.26. The van der Waals surface area contributed by atoms with Gasteiger partial charge in [-0.1, -0.05) is 26.7 Å². The molecule has 0 spiro atoms. The summed E-state index contributed by atoms with van der Waals surface area (Å²) in [7, 11) is 0. The molecule has 1 saturated carbocycles. The van der Waals surface area contributed by atoms with Crippen LogP contribution in [0, 0.1) is 5.92 Å². The Kier molecular flexibility index (Phi) is 6.37. The first kappa shape index (κ1) is 15.8. The van der Waals surface area contributed by atoms with Gasteiger partial charge in [-0.15, -0.1) is 11.8 Å². The second-order valence-electron chi connectivity index (χ2n) is 6.11. The van der Waals surface area contributed by atoms with E-state index in [1.165, 1.54) is 30.6 Å². The molecule has 2 nitrogen and oxygen atoms in total. The molecule has 1 aromatic heterocycles. The zero-order valence-corrected chi connectivity index (χ0v) is 13.9. The fraction of sp³-hybridized carbons (Fsp3) is 0.706. The van der Waals surface area contributed by atoms with E-state index in [9.17, 15) is 0 Å². The molecular weight excluding hydrogens is 264 g/mol. The summed E-state index contributed by atoms with van der Waals surface area (Å²) >= 11 is 2.02. The van der Waals surface area contributed by atoms with E-state index in [0.717, 1.165) is 29.8 Å². The molecule has 3 heteroatoms. The summed E-state index contributed by atoms with van der Waals surface area (Å²) in [5.74, 6) is 0.895. The van der Waals surface area contributed by atoms with Gasteiger partial charge in [0.1, 0.15) is 0 Å². The van der Waals surface area contributed by atoms with Crippen LogP contribution in [0.25, 0.3) is 0 Å². The Hall–Kier alpha value is -0.540. The second-order valence-corrected chi connectivity index (χ2v) is 7.48. The van der Waals surface area contributed by atoms with E-state index in [4.69, 9.17) is 0 Å². The molecule has 0 saturated heterocycles. The largest absolute Gasteiger partial charge is 0.309 e. The topological polar surface area (TPSA) is 24.9 Å². The molecule has 0 radical (unpaired) electrons. The zero-order chi connectivity index (χ0) is 14.4. The van der Waals surface area contributed by atoms with Gasteiger partial charge in [-0.25, -0.2) is 0 Å². The highest BCUT2D eigenvalue weighted by molar-refractivity contribution is 8.00. The van der Waals surface area contributed by atoms with Crippen molar-refractivity contribution in [2.24, 2.45) is 5.92 Å². The normalized spacial score (nSPS) is 24.6. The number of hydrogen-bond acceptors (Lipinski definition) is 3. The smallest absolute Gasteiger partial charge is 0.0571 e. The lowest BCUT2D eigenvalue weighted by Crippen LogP contribution is -2.20. The molecule has 1 heterocycles. The minimum Gasteiger partial charge on any atom is -0.309 e. The predicted octanol–water partition coefficient (Wildman–Crippen LogP) is 4.81. The molecule has 2 rings (SSSR count). The molecule has 1 aliphatic carbocycles. The van der Waals surface area contributed by atoms with Gasteiger partial charge in [-0.3, -0.25) is 4.98 Å². The van der Waals surface area contributed by atoms with Gasteiger partial charge >= 0.3 is 0 Å². The highest BCUT2D eigenvalue weighted by atomic mass is 32.2. The Balaban J connectivity index is 1.87. The summed E-state index contributed by atoms with van der Waals surface area (Å²) < 4.78 is 0. The number of nitrogens with zero attached hydrogens (tertiary/aromatic N) is 1. The van der Waals surface area contributed by atoms with Crippen LogP contribution in [-0.2, 0) is 0 Å². The molecule has 1 aliphatic rings. The van der Waals surface area contributed by atoms with Crippen LogP contribution in [0.3, 0.4) is 0 Å². The second kappa shape index (κ2) is 8.04. The standard InChI is InChI=1S/C17H28N2S/c1-4-10-18-14(3)17-9-8-16(12-19-17)20-15-7-5-6-13(2)11-15/h8-9,12-15,18H,4-7,10-11H2,1-3H3. The fourth-order valence-electron chi connectivity index (χ4n) is 2.86. The lowest BCUT2D eigenvalue weighted by molar-refractivity contribution is 0.394. The average molecular weight is 292 g/mol. The molecule has 0 aromatic carbocycles. The Morgan fingerprint density at radius 3 is 2.90 bits per heavy atom. The maximum absolute atomic E-state index is 4.63. The van der Waals surface area contributed by atoms with Gasteiger partial charge in [0, 0.05) is 22.4 Å². The summed E-state index contributed by atoms with van der Waals surface area (Å²) in [5.41, 5.74) is 1.15. The fourth-order valence-corrected chi connectivity index (χ4v) is 4.22. The lowest BCUT2D eigenvalue weighted by atomic mass is 9.91. The Labute approximate surface area is 128 Å². The molecule has 0 bridgehead atoms. The van der Waals surface area contributed by atoms with Crippen molar-refractivity contribution in [2.75, 3.05) is 6.54 Å². The Bertz CT molecular complexity index is 390. The van der Waals surface area contributed by atoms with Crippen LogP contribution >= 0.6 is 11.8 Å². The van der Waals surface area contributed by atoms with Crippen molar-refractivity contribution >= 4 is 11.8 Å². The van der Waals surface area contributed by atoms with E-state index in [1.54, 1.807) is 0 Å². The molecule has 3 unspecified atom stereocenters. The first-order valence-corrected chi connectivity index (χ1v) is 8.93. The summed E-state index contributed by atoms with van der Waals surface area (Å²) in [6.45, 7) is 7.82. The number of rotatable bonds is 6. The number of thioether (sulfide) groups is 1. The maximum atomic E-state index is 4.63. The molecule has 20 heavy (non-hydrogen) atoms. The minimum absolute atomic E-state index is 0.351. The molecule has 1 aromatic rings. The van der Waals surface area contributed by atoms with Crippen LogP contribution in [-0.4, -0.2) is 16.8 Å². The van der Waals surface area contributed by atoms with E-state index in [2.05, 4.69) is 49.4 Å². The van der Waals surface area contributed by atoms with Crippen LogP contribution in [0.15, 0.2) is 23.2 Å². The molecule has 0 amide bonds. The van der Waals surface area contributed by atoms with E-state index in [-0.39, 0.29) is 0 Å². The van der Waals surface area contributed by atoms with Gasteiger partial charge in [0.15, 0.2) is 0 Å². The van der Waals surface area contributed by atoms with Crippen LogP contribution in [0.4, 0.5) is 0 Å². The third-order valence-electron chi connectivity index (χ3n) is 4.09. The third-order valence-corrected chi connectivity index (χ3v) is 5.37. The summed E-state index contributed by atoms with van der Waals surface area (Å²) in [6, 6.07) is 4.78. The Morgan fingerprint density at radius 2 is 2.25 bits per heavy atom. The van der Waals surface area contributed by atoms with Gasteiger partial charge in [0.2, 0.25) is 0 Å². The third kappa shape index (κ3) is 4.78. The molecule has 1 N–H and O–H groups in total. The zero-order valence-electron chi connectivity index (χ0n) is 13.1. The van der Waals surface area contributed by atoms with Crippen LogP contribution < -0.4 is 5.32 Å². The SMILES string of the molecule is CCCNC(C)c1ccc(SC2CCCC(C)C2)cn1. The first-order chi connectivity index (χ1) is 9.69. The summed E-state index contributed by atoms with van der Waals surface area (Å²) in [6.07, 6.45) is 8.75. The number of hydrogen-bond donors (Lipinski definition) is 1. The van der Waals surface area contributed by atoms with Crippen molar-refractivity contribution in [1.82, 2.24) is 10.3 Å². The van der Waals surface area contributed by atoms with E-state index < -0.39 is 0 Å². The number of pyridine rings is 1. The molecule has 0 aliphatic heterocycles. The van der Waals surface area contributed by atoms with Crippen molar-refractivity contribution in [3.8, 4) is 0 Å². The highest BCUT2D eigenvalue weighted by Gasteiger charge is 2.19. The average Bonchev–Trinajstić information content (AvgIpc) is 2.45. The van der Waals surface area contributed by atoms with E-state index >= 15 is 0 Å². The monoisotopic (exact) mass is 292 g/mol. The quantitative estimate of drug-likeness (QED) is 0.814. The van der Waals surface area contributed by atoms with E-state index in [0.29, 0.717) is 6.04 Å². The van der Waals surface area contributed by atoms with Gasteiger partial charge < -0.3 is 5.32 Å². The van der Waals surface area contributed by atoms with Crippen LogP contribution in [0.2, 0.25) is 0 Å². The summed E-state index contributed by atoms with van der Waals surface area (Å²) in [5, 5.41) is 4.28. The molecule has 3 atom stereocenters. The van der Waals surface area contributed by atoms with Crippen molar-refractivity contribution in [2.45, 2.75) is 69.1 Å². The predicted molar refractivity (Wildman–Crippen MR) is 88.2 cm³/mol. The van der Waals surface area contributed by atoms with Gasteiger partial charge in [-0.2, -0.15) is 0 Å². The summed E-state index contributed by atoms with van der Waals surface area (Å²) in [4.78, 5) is 5.96. The van der Waals surface area contributed by atoms with Gasteiger partial charge in [0.05, 0.1) is 5.69 Å².